The number of imidazole rings is 2. The molecule has 0 unspecified atom stereocenters. The van der Waals surface area contributed by atoms with E-state index in [2.05, 4.69) is 19.7 Å². The molecule has 0 aliphatic heterocycles. The lowest BCUT2D eigenvalue weighted by Gasteiger charge is -2.05. The molecule has 0 saturated carbocycles. The van der Waals surface area contributed by atoms with Gasteiger partial charge in [0.15, 0.2) is 10.7 Å². The smallest absolute Gasteiger partial charge is 0.356 e. The summed E-state index contributed by atoms with van der Waals surface area (Å²) in [6, 6.07) is 0. The number of carboxylic acids is 1. The first-order valence-corrected chi connectivity index (χ1v) is 7.69. The second-order valence-electron chi connectivity index (χ2n) is 4.25. The third-order valence-corrected chi connectivity index (χ3v) is 4.11. The van der Waals surface area contributed by atoms with Gasteiger partial charge in [0.05, 0.1) is 12.5 Å². The van der Waals surface area contributed by atoms with Gasteiger partial charge in [-0.2, -0.15) is 0 Å². The van der Waals surface area contributed by atoms with Crippen molar-refractivity contribution in [2.45, 2.75) is 24.9 Å². The van der Waals surface area contributed by atoms with E-state index in [4.69, 9.17) is 5.11 Å². The van der Waals surface area contributed by atoms with Gasteiger partial charge in [-0.15, -0.1) is 0 Å². The van der Waals surface area contributed by atoms with Crippen LogP contribution in [0.15, 0.2) is 23.7 Å². The van der Waals surface area contributed by atoms with Crippen molar-refractivity contribution in [3.05, 3.63) is 30.2 Å². The maximum Gasteiger partial charge on any atom is 0.356 e. The summed E-state index contributed by atoms with van der Waals surface area (Å²) in [4.78, 5) is 21.0. The topological polar surface area (TPSA) is 130 Å². The molecule has 2 aromatic heterocycles. The number of hydrogen-bond donors (Lipinski definition) is 3. The van der Waals surface area contributed by atoms with Gasteiger partial charge in [0.1, 0.15) is 5.82 Å². The normalized spacial score (nSPS) is 11.7. The molecule has 9 nitrogen and oxygen atoms in total. The Bertz CT molecular complexity index is 733. The number of nitrogens with zero attached hydrogens (tertiary/aromatic N) is 3. The standard InChI is InChI=1S/C11H15N5O4S/c1-2-9-12-5-10(15-9)21(19,20)14-3-4-16-6-8(11(17)18)13-7-16/h5-7,14H,2-4H2,1H3,(H,12,15)(H,17,18). The Morgan fingerprint density at radius 2 is 2.24 bits per heavy atom. The monoisotopic (exact) mass is 313 g/mol. The van der Waals surface area contributed by atoms with Gasteiger partial charge < -0.3 is 14.7 Å². The number of aromatic nitrogens is 4. The van der Waals surface area contributed by atoms with E-state index in [0.717, 1.165) is 0 Å². The van der Waals surface area contributed by atoms with Crippen LogP contribution in [0.5, 0.6) is 0 Å². The second kappa shape index (κ2) is 6.06. The number of sulfonamides is 1. The van der Waals surface area contributed by atoms with Crippen LogP contribution in [0, 0.1) is 0 Å². The third kappa shape index (κ3) is 3.67. The van der Waals surface area contributed by atoms with Gasteiger partial charge in [-0.05, 0) is 0 Å². The molecule has 2 rings (SSSR count). The Labute approximate surface area is 121 Å². The fraction of sp³-hybridized carbons (Fsp3) is 0.364. The molecule has 3 N–H and O–H groups in total. The largest absolute Gasteiger partial charge is 0.476 e. The summed E-state index contributed by atoms with van der Waals surface area (Å²) in [5, 5.41) is 8.74. The fourth-order valence-electron chi connectivity index (χ4n) is 1.64. The molecule has 114 valence electrons. The van der Waals surface area contributed by atoms with Crippen LogP contribution in [0.4, 0.5) is 0 Å². The van der Waals surface area contributed by atoms with Crippen LogP contribution in [-0.2, 0) is 23.0 Å². The molecule has 0 aliphatic rings. The summed E-state index contributed by atoms with van der Waals surface area (Å²) >= 11 is 0. The van der Waals surface area contributed by atoms with E-state index < -0.39 is 16.0 Å². The first kappa shape index (κ1) is 15.2. The maximum absolute atomic E-state index is 12.0. The minimum Gasteiger partial charge on any atom is -0.476 e. The predicted molar refractivity (Wildman–Crippen MR) is 72.3 cm³/mol. The number of carbonyl (C=O) groups is 1. The summed E-state index contributed by atoms with van der Waals surface area (Å²) in [5.74, 6) is -0.532. The van der Waals surface area contributed by atoms with Crippen molar-refractivity contribution in [1.29, 1.82) is 0 Å². The highest BCUT2D eigenvalue weighted by Gasteiger charge is 2.16. The van der Waals surface area contributed by atoms with E-state index in [1.165, 1.54) is 23.3 Å². The number of aromatic amines is 1. The Morgan fingerprint density at radius 3 is 2.81 bits per heavy atom. The zero-order valence-corrected chi connectivity index (χ0v) is 12.1. The van der Waals surface area contributed by atoms with Gasteiger partial charge >= 0.3 is 5.97 Å². The lowest BCUT2D eigenvalue weighted by atomic mass is 10.5. The second-order valence-corrected chi connectivity index (χ2v) is 5.98. The summed E-state index contributed by atoms with van der Waals surface area (Å²) in [6.07, 6.45) is 4.55. The van der Waals surface area contributed by atoms with Crippen molar-refractivity contribution in [2.24, 2.45) is 0 Å². The summed E-state index contributed by atoms with van der Waals surface area (Å²) in [7, 11) is -3.65. The number of aromatic carboxylic acids is 1. The molecule has 0 fully saturated rings. The number of aryl methyl sites for hydroxylation is 1. The molecule has 21 heavy (non-hydrogen) atoms. The quantitative estimate of drug-likeness (QED) is 0.651. The van der Waals surface area contributed by atoms with E-state index >= 15 is 0 Å². The molecule has 2 aromatic rings. The maximum atomic E-state index is 12.0. The lowest BCUT2D eigenvalue weighted by Crippen LogP contribution is -2.27. The average molecular weight is 313 g/mol. The zero-order valence-electron chi connectivity index (χ0n) is 11.3. The van der Waals surface area contributed by atoms with Crippen LogP contribution >= 0.6 is 0 Å². The van der Waals surface area contributed by atoms with Crippen LogP contribution in [0.1, 0.15) is 23.2 Å². The third-order valence-electron chi connectivity index (χ3n) is 2.74. The van der Waals surface area contributed by atoms with Gasteiger partial charge in [-0.3, -0.25) is 0 Å². The van der Waals surface area contributed by atoms with E-state index in [1.807, 2.05) is 6.92 Å². The fourth-order valence-corrected chi connectivity index (χ4v) is 2.60. The van der Waals surface area contributed by atoms with Gasteiger partial charge in [0.25, 0.3) is 10.0 Å². The number of rotatable bonds is 7. The highest BCUT2D eigenvalue weighted by atomic mass is 32.2. The van der Waals surface area contributed by atoms with Crippen LogP contribution in [0.25, 0.3) is 0 Å². The molecular weight excluding hydrogens is 298 g/mol. The van der Waals surface area contributed by atoms with Crippen molar-refractivity contribution in [3.63, 3.8) is 0 Å². The van der Waals surface area contributed by atoms with Crippen molar-refractivity contribution in [2.75, 3.05) is 6.54 Å². The molecule has 0 aliphatic carbocycles. The molecule has 0 atom stereocenters. The van der Waals surface area contributed by atoms with Gasteiger partial charge in [-0.1, -0.05) is 6.92 Å². The first-order valence-electron chi connectivity index (χ1n) is 6.21. The van der Waals surface area contributed by atoms with E-state index in [9.17, 15) is 13.2 Å². The predicted octanol–water partition coefficient (Wildman–Crippen LogP) is -0.155. The van der Waals surface area contributed by atoms with Crippen LogP contribution in [0.2, 0.25) is 0 Å². The molecule has 0 saturated heterocycles. The average Bonchev–Trinajstić information content (AvgIpc) is 3.07. The molecule has 0 spiro atoms. The lowest BCUT2D eigenvalue weighted by molar-refractivity contribution is 0.0691. The first-order chi connectivity index (χ1) is 9.92. The van der Waals surface area contributed by atoms with Crippen molar-refractivity contribution >= 4 is 16.0 Å². The zero-order chi connectivity index (χ0) is 15.5. The SMILES string of the molecule is CCc1ncc(S(=O)(=O)NCCn2cnc(C(=O)O)c2)[nH]1. The highest BCUT2D eigenvalue weighted by Crippen LogP contribution is 2.05. The van der Waals surface area contributed by atoms with Gasteiger partial charge in [-0.25, -0.2) is 27.9 Å². The van der Waals surface area contributed by atoms with Crippen molar-refractivity contribution < 1.29 is 18.3 Å². The summed E-state index contributed by atoms with van der Waals surface area (Å²) in [6.45, 7) is 2.24. The summed E-state index contributed by atoms with van der Waals surface area (Å²) in [5.41, 5.74) is -0.0842. The van der Waals surface area contributed by atoms with E-state index in [0.29, 0.717) is 12.2 Å². The number of H-pyrrole nitrogens is 1. The molecule has 0 aromatic carbocycles. The molecule has 2 heterocycles. The minimum absolute atomic E-state index is 0.0104. The number of hydrogen-bond acceptors (Lipinski definition) is 5. The Balaban J connectivity index is 1.93. The van der Waals surface area contributed by atoms with E-state index in [-0.39, 0.29) is 23.8 Å². The Morgan fingerprint density at radius 1 is 1.48 bits per heavy atom. The van der Waals surface area contributed by atoms with Crippen LogP contribution < -0.4 is 4.72 Å². The molecule has 0 amide bonds. The molecule has 0 bridgehead atoms. The number of carboxylic acid groups (broad SMARTS) is 1. The van der Waals surface area contributed by atoms with Crippen LogP contribution in [-0.4, -0.2) is 45.6 Å². The van der Waals surface area contributed by atoms with Gasteiger partial charge in [0, 0.05) is 25.7 Å². The number of nitrogens with one attached hydrogen (secondary N) is 2. The van der Waals surface area contributed by atoms with Gasteiger partial charge in [0.2, 0.25) is 0 Å². The Hall–Kier alpha value is -2.20. The Kier molecular flexibility index (Phi) is 4.38. The summed E-state index contributed by atoms with van der Waals surface area (Å²) < 4.78 is 27.8. The van der Waals surface area contributed by atoms with E-state index in [1.54, 1.807) is 0 Å². The minimum atomic E-state index is -3.65. The van der Waals surface area contributed by atoms with Crippen molar-refractivity contribution in [3.8, 4) is 0 Å². The van der Waals surface area contributed by atoms with Crippen LogP contribution in [0.3, 0.4) is 0 Å². The molecular formula is C11H15N5O4S. The highest BCUT2D eigenvalue weighted by molar-refractivity contribution is 7.89. The molecule has 10 heteroatoms. The van der Waals surface area contributed by atoms with Crippen molar-refractivity contribution in [1.82, 2.24) is 24.2 Å². The molecule has 0 radical (unpaired) electrons.